The fraction of sp³-hybridized carbons (Fsp3) is 0.348. The van der Waals surface area contributed by atoms with Crippen LogP contribution in [0.4, 0.5) is 5.69 Å². The van der Waals surface area contributed by atoms with E-state index in [-0.39, 0.29) is 41.2 Å². The number of carbonyl (C=O) groups excluding carboxylic acids is 3. The number of anilines is 1. The molecular formula is C23H27N3O7. The smallest absolute Gasteiger partial charge is 0.255 e. The third-order valence-electron chi connectivity index (χ3n) is 5.24. The van der Waals surface area contributed by atoms with Crippen LogP contribution in [0.5, 0.6) is 23.0 Å². The molecule has 0 spiro atoms. The van der Waals surface area contributed by atoms with Gasteiger partial charge in [0.2, 0.25) is 11.7 Å². The summed E-state index contributed by atoms with van der Waals surface area (Å²) < 4.78 is 21.2. The minimum atomic E-state index is -0.665. The Kier molecular flexibility index (Phi) is 7.60. The molecule has 0 saturated carbocycles. The van der Waals surface area contributed by atoms with Crippen LogP contribution in [0.2, 0.25) is 0 Å². The minimum absolute atomic E-state index is 0.158. The van der Waals surface area contributed by atoms with E-state index in [1.807, 2.05) is 0 Å². The molecule has 0 aliphatic carbocycles. The molecule has 0 radical (unpaired) electrons. The van der Waals surface area contributed by atoms with Crippen LogP contribution in [0.1, 0.15) is 23.2 Å². The normalized spacial score (nSPS) is 15.0. The number of benzene rings is 2. The van der Waals surface area contributed by atoms with E-state index < -0.39 is 11.9 Å². The molecule has 1 fully saturated rings. The molecular weight excluding hydrogens is 430 g/mol. The summed E-state index contributed by atoms with van der Waals surface area (Å²) in [5.41, 5.74) is 6.02. The lowest BCUT2D eigenvalue weighted by Crippen LogP contribution is -2.43. The first-order valence-electron chi connectivity index (χ1n) is 10.3. The SMILES string of the molecule is COc1ccc(NC(=O)C2CCCN2C(=O)c2cc(OC)c(OCC(N)=O)c(OC)c2)cc1. The van der Waals surface area contributed by atoms with Gasteiger partial charge in [0.1, 0.15) is 11.8 Å². The first-order valence-corrected chi connectivity index (χ1v) is 10.3. The van der Waals surface area contributed by atoms with Gasteiger partial charge in [-0.25, -0.2) is 0 Å². The van der Waals surface area contributed by atoms with Crippen LogP contribution in [-0.2, 0) is 9.59 Å². The van der Waals surface area contributed by atoms with Gasteiger partial charge in [0, 0.05) is 17.8 Å². The monoisotopic (exact) mass is 457 g/mol. The summed E-state index contributed by atoms with van der Waals surface area (Å²) >= 11 is 0. The van der Waals surface area contributed by atoms with E-state index >= 15 is 0 Å². The molecule has 1 saturated heterocycles. The van der Waals surface area contributed by atoms with Crippen molar-refractivity contribution in [3.05, 3.63) is 42.0 Å². The lowest BCUT2D eigenvalue weighted by molar-refractivity contribution is -0.120. The second-order valence-corrected chi connectivity index (χ2v) is 7.34. The highest BCUT2D eigenvalue weighted by Crippen LogP contribution is 2.39. The zero-order valence-electron chi connectivity index (χ0n) is 18.8. The number of nitrogens with zero attached hydrogens (tertiary/aromatic N) is 1. The van der Waals surface area contributed by atoms with Gasteiger partial charge in [-0.2, -0.15) is 0 Å². The van der Waals surface area contributed by atoms with Crippen molar-refractivity contribution in [2.45, 2.75) is 18.9 Å². The zero-order valence-corrected chi connectivity index (χ0v) is 18.8. The van der Waals surface area contributed by atoms with Gasteiger partial charge >= 0.3 is 0 Å². The highest BCUT2D eigenvalue weighted by atomic mass is 16.5. The molecule has 1 aliphatic heterocycles. The Bertz CT molecular complexity index is 998. The van der Waals surface area contributed by atoms with Crippen LogP contribution < -0.4 is 30.0 Å². The van der Waals surface area contributed by atoms with Crippen molar-refractivity contribution in [2.75, 3.05) is 39.8 Å². The van der Waals surface area contributed by atoms with Gasteiger partial charge < -0.3 is 34.9 Å². The molecule has 0 bridgehead atoms. The van der Waals surface area contributed by atoms with Crippen LogP contribution >= 0.6 is 0 Å². The Morgan fingerprint density at radius 2 is 1.67 bits per heavy atom. The van der Waals surface area contributed by atoms with Crippen LogP contribution in [0.3, 0.4) is 0 Å². The second-order valence-electron chi connectivity index (χ2n) is 7.34. The number of hydrogen-bond acceptors (Lipinski definition) is 7. The average Bonchev–Trinajstić information content (AvgIpc) is 3.32. The maximum Gasteiger partial charge on any atom is 0.255 e. The largest absolute Gasteiger partial charge is 0.497 e. The zero-order chi connectivity index (χ0) is 24.0. The van der Waals surface area contributed by atoms with Crippen LogP contribution in [0, 0.1) is 0 Å². The number of rotatable bonds is 9. The van der Waals surface area contributed by atoms with E-state index in [4.69, 9.17) is 24.7 Å². The summed E-state index contributed by atoms with van der Waals surface area (Å²) in [6.45, 7) is 0.0594. The number of primary amides is 1. The second kappa shape index (κ2) is 10.6. The number of amides is 3. The molecule has 33 heavy (non-hydrogen) atoms. The van der Waals surface area contributed by atoms with Crippen molar-refractivity contribution in [1.29, 1.82) is 0 Å². The highest BCUT2D eigenvalue weighted by Gasteiger charge is 2.35. The fourth-order valence-corrected chi connectivity index (χ4v) is 3.64. The van der Waals surface area contributed by atoms with Gasteiger partial charge in [-0.05, 0) is 49.2 Å². The molecule has 10 nitrogen and oxygen atoms in total. The third kappa shape index (κ3) is 5.46. The topological polar surface area (TPSA) is 129 Å². The van der Waals surface area contributed by atoms with Gasteiger partial charge in [-0.3, -0.25) is 14.4 Å². The standard InChI is InChI=1S/C23H27N3O7/c1-30-16-8-6-15(7-9-16)25-22(28)17-5-4-10-26(17)23(29)14-11-18(31-2)21(19(12-14)32-3)33-13-20(24)27/h6-9,11-12,17H,4-5,10,13H2,1-3H3,(H2,24,27)(H,25,28). The Morgan fingerprint density at radius 3 is 2.21 bits per heavy atom. The molecule has 3 rings (SSSR count). The van der Waals surface area contributed by atoms with Crippen LogP contribution in [0.15, 0.2) is 36.4 Å². The number of ether oxygens (including phenoxy) is 4. The quantitative estimate of drug-likeness (QED) is 0.587. The van der Waals surface area contributed by atoms with Gasteiger partial charge in [-0.15, -0.1) is 0 Å². The van der Waals surface area contributed by atoms with E-state index in [9.17, 15) is 14.4 Å². The van der Waals surface area contributed by atoms with Crippen molar-refractivity contribution < 1.29 is 33.3 Å². The van der Waals surface area contributed by atoms with Crippen molar-refractivity contribution in [1.82, 2.24) is 4.90 Å². The fourth-order valence-electron chi connectivity index (χ4n) is 3.64. The Labute approximate surface area is 191 Å². The number of likely N-dealkylation sites (tertiary alicyclic amines) is 1. The maximum absolute atomic E-state index is 13.3. The van der Waals surface area contributed by atoms with Crippen LogP contribution in [-0.4, -0.2) is 63.1 Å². The number of nitrogens with one attached hydrogen (secondary N) is 1. The summed E-state index contributed by atoms with van der Waals surface area (Å²) in [5.74, 6) is -0.0361. The number of methoxy groups -OCH3 is 3. The average molecular weight is 457 g/mol. The molecule has 1 unspecified atom stereocenters. The first-order chi connectivity index (χ1) is 15.9. The summed E-state index contributed by atoms with van der Waals surface area (Å²) in [5, 5.41) is 2.85. The first kappa shape index (κ1) is 23.7. The summed E-state index contributed by atoms with van der Waals surface area (Å²) in [6, 6.07) is 9.30. The minimum Gasteiger partial charge on any atom is -0.497 e. The molecule has 1 atom stereocenters. The van der Waals surface area contributed by atoms with E-state index in [1.54, 1.807) is 31.4 Å². The molecule has 3 N–H and O–H groups in total. The Morgan fingerprint density at radius 1 is 1.03 bits per heavy atom. The van der Waals surface area contributed by atoms with Gasteiger partial charge in [-0.1, -0.05) is 0 Å². The predicted molar refractivity (Wildman–Crippen MR) is 120 cm³/mol. The molecule has 3 amide bonds. The van der Waals surface area contributed by atoms with Crippen molar-refractivity contribution in [3.63, 3.8) is 0 Å². The highest BCUT2D eigenvalue weighted by molar-refractivity contribution is 6.02. The molecule has 1 heterocycles. The van der Waals surface area contributed by atoms with Gasteiger partial charge in [0.15, 0.2) is 18.1 Å². The lowest BCUT2D eigenvalue weighted by Gasteiger charge is -2.25. The van der Waals surface area contributed by atoms with Crippen molar-refractivity contribution in [3.8, 4) is 23.0 Å². The number of hydrogen-bond donors (Lipinski definition) is 2. The van der Waals surface area contributed by atoms with Gasteiger partial charge in [0.05, 0.1) is 21.3 Å². The Balaban J connectivity index is 1.80. The maximum atomic E-state index is 13.3. The number of nitrogens with two attached hydrogens (primary N) is 1. The molecule has 2 aromatic carbocycles. The third-order valence-corrected chi connectivity index (χ3v) is 5.24. The summed E-state index contributed by atoms with van der Waals surface area (Å²) in [7, 11) is 4.37. The summed E-state index contributed by atoms with van der Waals surface area (Å²) in [6.07, 6.45) is 1.24. The lowest BCUT2D eigenvalue weighted by atomic mass is 10.1. The molecule has 2 aromatic rings. The summed E-state index contributed by atoms with van der Waals surface area (Å²) in [4.78, 5) is 38.8. The Hall–Kier alpha value is -3.95. The van der Waals surface area contributed by atoms with Gasteiger partial charge in [0.25, 0.3) is 11.8 Å². The van der Waals surface area contributed by atoms with Crippen molar-refractivity contribution >= 4 is 23.4 Å². The predicted octanol–water partition coefficient (Wildman–Crippen LogP) is 1.82. The van der Waals surface area contributed by atoms with E-state index in [2.05, 4.69) is 5.32 Å². The van der Waals surface area contributed by atoms with Crippen molar-refractivity contribution in [2.24, 2.45) is 5.73 Å². The molecule has 0 aromatic heterocycles. The van der Waals surface area contributed by atoms with E-state index in [0.717, 1.165) is 0 Å². The molecule has 1 aliphatic rings. The van der Waals surface area contributed by atoms with E-state index in [1.165, 1.54) is 31.3 Å². The molecule has 10 heteroatoms. The van der Waals surface area contributed by atoms with E-state index in [0.29, 0.717) is 30.8 Å². The number of carbonyl (C=O) groups is 3. The van der Waals surface area contributed by atoms with Crippen LogP contribution in [0.25, 0.3) is 0 Å². The molecule has 176 valence electrons.